The van der Waals surface area contributed by atoms with Crippen molar-refractivity contribution in [3.05, 3.63) is 29.8 Å². The molecule has 176 valence electrons. The summed E-state index contributed by atoms with van der Waals surface area (Å²) in [7, 11) is -1.51. The smallest absolute Gasteiger partial charge is 0.214 e. The second-order valence-corrected chi connectivity index (χ2v) is 10.7. The predicted molar refractivity (Wildman–Crippen MR) is 127 cm³/mol. The van der Waals surface area contributed by atoms with E-state index in [4.69, 9.17) is 4.74 Å². The Morgan fingerprint density at radius 3 is 2.19 bits per heavy atom. The number of carbonyl (C=O) groups is 1. The number of hydrogen-bond donors (Lipinski definition) is 0. The summed E-state index contributed by atoms with van der Waals surface area (Å²) in [4.78, 5) is 15.3. The molecule has 6 nitrogen and oxygen atoms in total. The quantitative estimate of drug-likeness (QED) is 0.505. The van der Waals surface area contributed by atoms with Gasteiger partial charge in [0, 0.05) is 43.7 Å². The average Bonchev–Trinajstić information content (AvgIpc) is 2.78. The Kier molecular flexibility index (Phi) is 9.80. The fraction of sp³-hybridized carbons (Fsp3) is 0.696. The molecule has 0 unspecified atom stereocenters. The lowest BCUT2D eigenvalue weighted by Gasteiger charge is -2.50. The molecule has 0 amide bonds. The fourth-order valence-corrected chi connectivity index (χ4v) is 6.52. The van der Waals surface area contributed by atoms with Crippen molar-refractivity contribution in [2.75, 3.05) is 39.0 Å². The van der Waals surface area contributed by atoms with E-state index in [-0.39, 0.29) is 29.5 Å². The molecular weight excluding hydrogens is 436 g/mol. The molecular formula is C23H37ClN2O4S. The maximum Gasteiger partial charge on any atom is 0.214 e. The SMILES string of the molecule is CCCS(=O)(=O)N1CCN(C2(CCC(=O)c3ccc(OC)cc3)CCCCC2)CC1.Cl. The Morgan fingerprint density at radius 2 is 1.65 bits per heavy atom. The van der Waals surface area contributed by atoms with Crippen LogP contribution in [0.2, 0.25) is 0 Å². The molecule has 0 aromatic heterocycles. The van der Waals surface area contributed by atoms with Crippen molar-refractivity contribution in [1.29, 1.82) is 0 Å². The Bertz CT molecular complexity index is 799. The lowest BCUT2D eigenvalue weighted by molar-refractivity contribution is 0.0165. The van der Waals surface area contributed by atoms with E-state index in [2.05, 4.69) is 4.90 Å². The minimum Gasteiger partial charge on any atom is -0.497 e. The highest BCUT2D eigenvalue weighted by atomic mass is 35.5. The summed E-state index contributed by atoms with van der Waals surface area (Å²) >= 11 is 0. The third-order valence-corrected chi connectivity index (χ3v) is 8.85. The molecule has 1 aliphatic carbocycles. The molecule has 0 spiro atoms. The third-order valence-electron chi connectivity index (χ3n) is 6.78. The summed E-state index contributed by atoms with van der Waals surface area (Å²) in [5.74, 6) is 1.16. The van der Waals surface area contributed by atoms with Gasteiger partial charge in [0.1, 0.15) is 5.75 Å². The molecule has 1 aromatic rings. The van der Waals surface area contributed by atoms with Crippen molar-refractivity contribution in [3.8, 4) is 5.75 Å². The molecule has 2 aliphatic rings. The first-order valence-corrected chi connectivity index (χ1v) is 12.9. The molecule has 3 rings (SSSR count). The Labute approximate surface area is 193 Å². The number of nitrogens with zero attached hydrogens (tertiary/aromatic N) is 2. The largest absolute Gasteiger partial charge is 0.497 e. The van der Waals surface area contributed by atoms with Gasteiger partial charge in [0.15, 0.2) is 5.78 Å². The Hall–Kier alpha value is -1.15. The topological polar surface area (TPSA) is 66.9 Å². The zero-order valence-electron chi connectivity index (χ0n) is 18.8. The molecule has 1 heterocycles. The summed E-state index contributed by atoms with van der Waals surface area (Å²) in [6, 6.07) is 7.34. The van der Waals surface area contributed by atoms with Gasteiger partial charge in [-0.05, 0) is 49.9 Å². The lowest BCUT2D eigenvalue weighted by atomic mass is 9.76. The van der Waals surface area contributed by atoms with Crippen LogP contribution >= 0.6 is 12.4 Å². The van der Waals surface area contributed by atoms with E-state index in [1.807, 2.05) is 31.2 Å². The first kappa shape index (κ1) is 26.1. The minimum atomic E-state index is -3.13. The second kappa shape index (κ2) is 11.6. The Morgan fingerprint density at radius 1 is 1.03 bits per heavy atom. The van der Waals surface area contributed by atoms with Crippen molar-refractivity contribution in [3.63, 3.8) is 0 Å². The maximum absolute atomic E-state index is 12.8. The van der Waals surface area contributed by atoms with Gasteiger partial charge in [0.05, 0.1) is 12.9 Å². The van der Waals surface area contributed by atoms with Gasteiger partial charge in [-0.2, -0.15) is 4.31 Å². The van der Waals surface area contributed by atoms with E-state index >= 15 is 0 Å². The highest BCUT2D eigenvalue weighted by Crippen LogP contribution is 2.38. The molecule has 8 heteroatoms. The highest BCUT2D eigenvalue weighted by Gasteiger charge is 2.40. The van der Waals surface area contributed by atoms with Gasteiger partial charge in [-0.15, -0.1) is 12.4 Å². The number of sulfonamides is 1. The number of rotatable bonds is 9. The summed E-state index contributed by atoms with van der Waals surface area (Å²) in [5, 5.41) is 0. The first-order chi connectivity index (χ1) is 14.4. The van der Waals surface area contributed by atoms with E-state index in [0.29, 0.717) is 25.9 Å². The molecule has 0 atom stereocenters. The number of methoxy groups -OCH3 is 1. The molecule has 1 saturated heterocycles. The van der Waals surface area contributed by atoms with E-state index in [9.17, 15) is 13.2 Å². The number of carbonyl (C=O) groups excluding carboxylic acids is 1. The van der Waals surface area contributed by atoms with Crippen LogP contribution in [0.5, 0.6) is 5.75 Å². The first-order valence-electron chi connectivity index (χ1n) is 11.3. The number of piperazine rings is 1. The maximum atomic E-state index is 12.8. The predicted octanol–water partition coefficient (Wildman–Crippen LogP) is 4.14. The number of hydrogen-bond acceptors (Lipinski definition) is 5. The van der Waals surface area contributed by atoms with Crippen molar-refractivity contribution in [2.24, 2.45) is 0 Å². The minimum absolute atomic E-state index is 0. The van der Waals surface area contributed by atoms with Crippen LogP contribution in [0.25, 0.3) is 0 Å². The van der Waals surface area contributed by atoms with Gasteiger partial charge in [0.2, 0.25) is 10.0 Å². The van der Waals surface area contributed by atoms with Crippen LogP contribution in [0.1, 0.15) is 68.6 Å². The highest BCUT2D eigenvalue weighted by molar-refractivity contribution is 7.89. The van der Waals surface area contributed by atoms with E-state index in [0.717, 1.165) is 43.7 Å². The molecule has 1 saturated carbocycles. The molecule has 0 N–H and O–H groups in total. The van der Waals surface area contributed by atoms with Crippen LogP contribution in [0.3, 0.4) is 0 Å². The number of halogens is 1. The molecule has 1 aromatic carbocycles. The van der Waals surface area contributed by atoms with E-state index < -0.39 is 10.0 Å². The molecule has 31 heavy (non-hydrogen) atoms. The van der Waals surface area contributed by atoms with Crippen LogP contribution in [-0.4, -0.2) is 68.0 Å². The van der Waals surface area contributed by atoms with Crippen LogP contribution < -0.4 is 4.74 Å². The standard InChI is InChI=1S/C23H36N2O4S.ClH/c1-3-19-30(27,28)25-17-15-24(16-18-25)23(12-5-4-6-13-23)14-11-22(26)20-7-9-21(29-2)10-8-20;/h7-10H,3-6,11-19H2,1-2H3;1H. The van der Waals surface area contributed by atoms with Crippen LogP contribution in [0.4, 0.5) is 0 Å². The van der Waals surface area contributed by atoms with E-state index in [1.54, 1.807) is 11.4 Å². The van der Waals surface area contributed by atoms with Crippen molar-refractivity contribution in [2.45, 2.75) is 63.8 Å². The van der Waals surface area contributed by atoms with Gasteiger partial charge in [0.25, 0.3) is 0 Å². The van der Waals surface area contributed by atoms with Gasteiger partial charge in [-0.3, -0.25) is 9.69 Å². The summed E-state index contributed by atoms with van der Waals surface area (Å²) in [6.45, 7) is 4.57. The lowest BCUT2D eigenvalue weighted by Crippen LogP contribution is -2.58. The number of Topliss-reactive ketones (excluding diaryl/α,β-unsaturated/α-hetero) is 1. The monoisotopic (exact) mass is 472 g/mol. The summed E-state index contributed by atoms with van der Waals surface area (Å²) in [5.41, 5.74) is 0.762. The molecule has 2 fully saturated rings. The van der Waals surface area contributed by atoms with Crippen LogP contribution in [-0.2, 0) is 10.0 Å². The summed E-state index contributed by atoms with van der Waals surface area (Å²) < 4.78 is 31.7. The van der Waals surface area contributed by atoms with Gasteiger partial charge in [-0.1, -0.05) is 26.2 Å². The number of ketones is 1. The van der Waals surface area contributed by atoms with Crippen molar-refractivity contribution in [1.82, 2.24) is 9.21 Å². The third kappa shape index (κ3) is 6.44. The molecule has 1 aliphatic heterocycles. The van der Waals surface area contributed by atoms with Gasteiger partial charge < -0.3 is 4.74 Å². The molecule has 0 bridgehead atoms. The normalized spacial score (nSPS) is 20.1. The zero-order valence-corrected chi connectivity index (χ0v) is 20.5. The molecule has 0 radical (unpaired) electrons. The average molecular weight is 473 g/mol. The zero-order chi connectivity index (χ0) is 21.6. The van der Waals surface area contributed by atoms with Gasteiger partial charge >= 0.3 is 0 Å². The number of ether oxygens (including phenoxy) is 1. The van der Waals surface area contributed by atoms with Crippen LogP contribution in [0.15, 0.2) is 24.3 Å². The summed E-state index contributed by atoms with van der Waals surface area (Å²) in [6.07, 6.45) is 7.85. The van der Waals surface area contributed by atoms with Crippen molar-refractivity contribution < 1.29 is 17.9 Å². The number of benzene rings is 1. The Balaban J connectivity index is 0.00000341. The second-order valence-electron chi connectivity index (χ2n) is 8.64. The van der Waals surface area contributed by atoms with Crippen LogP contribution in [0, 0.1) is 0 Å². The fourth-order valence-electron chi connectivity index (χ4n) is 5.03. The van der Waals surface area contributed by atoms with Crippen molar-refractivity contribution >= 4 is 28.2 Å². The van der Waals surface area contributed by atoms with Gasteiger partial charge in [-0.25, -0.2) is 8.42 Å². The van der Waals surface area contributed by atoms with E-state index in [1.165, 1.54) is 19.3 Å².